The van der Waals surface area contributed by atoms with Gasteiger partial charge in [0, 0.05) is 24.3 Å². The van der Waals surface area contributed by atoms with Crippen molar-refractivity contribution in [2.45, 2.75) is 6.54 Å². The van der Waals surface area contributed by atoms with Crippen LogP contribution >= 0.6 is 0 Å². The Labute approximate surface area is 160 Å². The van der Waals surface area contributed by atoms with E-state index in [4.69, 9.17) is 16.1 Å². The van der Waals surface area contributed by atoms with E-state index in [0.29, 0.717) is 41.7 Å². The van der Waals surface area contributed by atoms with Crippen molar-refractivity contribution in [1.29, 1.82) is 0 Å². The molecule has 0 radical (unpaired) electrons. The molecule has 9 heteroatoms. The molecule has 0 saturated heterocycles. The van der Waals surface area contributed by atoms with Crippen LogP contribution in [-0.2, 0) is 6.54 Å². The molecule has 9 nitrogen and oxygen atoms in total. The van der Waals surface area contributed by atoms with Crippen LogP contribution in [-0.4, -0.2) is 38.7 Å². The molecule has 0 aliphatic rings. The van der Waals surface area contributed by atoms with Gasteiger partial charge >= 0.3 is 0 Å². The number of anilines is 2. The first-order chi connectivity index (χ1) is 13.7. The molecular weight excluding hydrogens is 358 g/mol. The summed E-state index contributed by atoms with van der Waals surface area (Å²) in [6, 6.07) is 14.4. The quantitative estimate of drug-likeness (QED) is 0.328. The number of carbonyl (C=O) groups is 1. The summed E-state index contributed by atoms with van der Waals surface area (Å²) in [5.41, 5.74) is 14.4. The maximum Gasteiger partial charge on any atom is 0.202 e. The first-order valence-electron chi connectivity index (χ1n) is 8.78. The number of nitrogens with zero attached hydrogens (tertiary/aromatic N) is 4. The lowest BCUT2D eigenvalue weighted by atomic mass is 10.1. The van der Waals surface area contributed by atoms with E-state index in [1.807, 2.05) is 24.3 Å². The number of nitrogen functional groups attached to an aromatic ring is 1. The minimum atomic E-state index is -0.0719. The Morgan fingerprint density at radius 2 is 1.89 bits per heavy atom. The van der Waals surface area contributed by atoms with Gasteiger partial charge in [0.1, 0.15) is 0 Å². The summed E-state index contributed by atoms with van der Waals surface area (Å²) in [5.74, 6) is 0.852. The fourth-order valence-corrected chi connectivity index (χ4v) is 2.96. The molecule has 2 heterocycles. The Morgan fingerprint density at radius 1 is 1.11 bits per heavy atom. The maximum absolute atomic E-state index is 12.9. The highest BCUT2D eigenvalue weighted by molar-refractivity contribution is 5.97. The fraction of sp³-hybridized carbons (Fsp3) is 0.158. The summed E-state index contributed by atoms with van der Waals surface area (Å²) in [6.07, 6.45) is 0. The molecule has 142 valence electrons. The van der Waals surface area contributed by atoms with E-state index < -0.39 is 0 Å². The number of nitrogens with one attached hydrogen (secondary N) is 1. The summed E-state index contributed by atoms with van der Waals surface area (Å²) in [6.45, 7) is 1.02. The predicted molar refractivity (Wildman–Crippen MR) is 106 cm³/mol. The van der Waals surface area contributed by atoms with Crippen LogP contribution in [0.4, 0.5) is 11.5 Å². The van der Waals surface area contributed by atoms with E-state index in [1.54, 1.807) is 28.8 Å². The molecule has 4 aromatic rings. The van der Waals surface area contributed by atoms with E-state index in [9.17, 15) is 4.79 Å². The van der Waals surface area contributed by atoms with E-state index in [2.05, 4.69) is 20.6 Å². The van der Waals surface area contributed by atoms with Gasteiger partial charge in [0.2, 0.25) is 5.82 Å². The third-order valence-electron chi connectivity index (χ3n) is 4.33. The minimum absolute atomic E-state index is 0.0719. The van der Waals surface area contributed by atoms with Crippen LogP contribution in [0.5, 0.6) is 0 Å². The molecule has 0 bridgehead atoms. The predicted octanol–water partition coefficient (Wildman–Crippen LogP) is 1.92. The van der Waals surface area contributed by atoms with Crippen molar-refractivity contribution in [2.75, 3.05) is 24.1 Å². The van der Waals surface area contributed by atoms with E-state index in [-0.39, 0.29) is 12.3 Å². The molecule has 0 amide bonds. The molecule has 0 atom stereocenters. The smallest absolute Gasteiger partial charge is 0.202 e. The Hall–Kier alpha value is -3.72. The fourth-order valence-electron chi connectivity index (χ4n) is 2.96. The number of rotatable bonds is 7. The molecule has 2 aromatic heterocycles. The summed E-state index contributed by atoms with van der Waals surface area (Å²) < 4.78 is 6.70. The monoisotopic (exact) mass is 377 g/mol. The first-order valence-corrected chi connectivity index (χ1v) is 8.78. The molecule has 5 N–H and O–H groups in total. The second-order valence-corrected chi connectivity index (χ2v) is 6.23. The van der Waals surface area contributed by atoms with Gasteiger partial charge in [-0.05, 0) is 46.7 Å². The zero-order valence-electron chi connectivity index (χ0n) is 15.0. The number of carbonyl (C=O) groups excluding carboxylic acids is 1. The van der Waals surface area contributed by atoms with Crippen LogP contribution < -0.4 is 16.8 Å². The van der Waals surface area contributed by atoms with Crippen molar-refractivity contribution in [3.8, 4) is 11.5 Å². The molecule has 0 aliphatic heterocycles. The van der Waals surface area contributed by atoms with Crippen molar-refractivity contribution < 1.29 is 9.42 Å². The SMILES string of the molecule is NCCNc1nonc1-c1nc2ccccc2n1CC(=O)c1ccc(N)cc1. The molecular formula is C19H19N7O2. The van der Waals surface area contributed by atoms with Gasteiger partial charge in [-0.25, -0.2) is 9.61 Å². The molecule has 0 saturated carbocycles. The average molecular weight is 377 g/mol. The van der Waals surface area contributed by atoms with E-state index in [0.717, 1.165) is 11.0 Å². The Bertz CT molecular complexity index is 1110. The lowest BCUT2D eigenvalue weighted by Crippen LogP contribution is -2.15. The summed E-state index contributed by atoms with van der Waals surface area (Å²) in [4.78, 5) is 17.5. The number of fused-ring (bicyclic) bond motifs is 1. The van der Waals surface area contributed by atoms with Crippen molar-refractivity contribution in [2.24, 2.45) is 5.73 Å². The largest absolute Gasteiger partial charge is 0.399 e. The lowest BCUT2D eigenvalue weighted by Gasteiger charge is -2.08. The van der Waals surface area contributed by atoms with Gasteiger partial charge in [0.25, 0.3) is 0 Å². The van der Waals surface area contributed by atoms with Crippen LogP contribution in [0.1, 0.15) is 10.4 Å². The van der Waals surface area contributed by atoms with E-state index in [1.165, 1.54) is 0 Å². The van der Waals surface area contributed by atoms with Crippen molar-refractivity contribution in [3.05, 3.63) is 54.1 Å². The zero-order chi connectivity index (χ0) is 19.5. The second-order valence-electron chi connectivity index (χ2n) is 6.23. The van der Waals surface area contributed by atoms with Gasteiger partial charge in [-0.3, -0.25) is 4.79 Å². The second kappa shape index (κ2) is 7.49. The molecule has 28 heavy (non-hydrogen) atoms. The maximum atomic E-state index is 12.9. The highest BCUT2D eigenvalue weighted by atomic mass is 16.6. The van der Waals surface area contributed by atoms with Crippen LogP contribution in [0, 0.1) is 0 Å². The highest BCUT2D eigenvalue weighted by Crippen LogP contribution is 2.28. The number of imidazole rings is 1. The van der Waals surface area contributed by atoms with Crippen molar-refractivity contribution in [3.63, 3.8) is 0 Å². The van der Waals surface area contributed by atoms with Gasteiger partial charge in [0.15, 0.2) is 17.3 Å². The van der Waals surface area contributed by atoms with Crippen molar-refractivity contribution in [1.82, 2.24) is 19.9 Å². The highest BCUT2D eigenvalue weighted by Gasteiger charge is 2.22. The summed E-state index contributed by atoms with van der Waals surface area (Å²) in [7, 11) is 0. The van der Waals surface area contributed by atoms with Gasteiger partial charge < -0.3 is 21.4 Å². The molecule has 2 aromatic carbocycles. The van der Waals surface area contributed by atoms with Crippen molar-refractivity contribution >= 4 is 28.3 Å². The lowest BCUT2D eigenvalue weighted by molar-refractivity contribution is 0.0974. The topological polar surface area (TPSA) is 138 Å². The first kappa shape index (κ1) is 17.7. The van der Waals surface area contributed by atoms with Crippen LogP contribution in [0.2, 0.25) is 0 Å². The van der Waals surface area contributed by atoms with Gasteiger partial charge in [-0.1, -0.05) is 12.1 Å². The van der Waals surface area contributed by atoms with Crippen LogP contribution in [0.3, 0.4) is 0 Å². The number of para-hydroxylation sites is 2. The number of hydrogen-bond donors (Lipinski definition) is 3. The number of aromatic nitrogens is 4. The molecule has 0 aliphatic carbocycles. The number of hydrogen-bond acceptors (Lipinski definition) is 8. The third kappa shape index (κ3) is 3.30. The zero-order valence-corrected chi connectivity index (χ0v) is 15.0. The summed E-state index contributed by atoms with van der Waals surface area (Å²) in [5, 5.41) is 10.9. The minimum Gasteiger partial charge on any atom is -0.399 e. The third-order valence-corrected chi connectivity index (χ3v) is 4.33. The molecule has 0 fully saturated rings. The molecule has 0 unspecified atom stereocenters. The van der Waals surface area contributed by atoms with Gasteiger partial charge in [-0.15, -0.1) is 0 Å². The Balaban J connectivity index is 1.77. The number of benzene rings is 2. The number of nitrogens with two attached hydrogens (primary N) is 2. The Morgan fingerprint density at radius 3 is 2.68 bits per heavy atom. The van der Waals surface area contributed by atoms with Crippen LogP contribution in [0.25, 0.3) is 22.6 Å². The normalized spacial score (nSPS) is 11.0. The molecule has 0 spiro atoms. The standard InChI is InChI=1S/C19H19N7O2/c20-9-10-22-18-17(24-28-25-18)19-23-14-3-1-2-4-15(14)26(19)11-16(27)12-5-7-13(21)8-6-12/h1-8H,9-11,20-21H2,(H,22,25). The average Bonchev–Trinajstić information content (AvgIpc) is 3.31. The molecule has 4 rings (SSSR count). The van der Waals surface area contributed by atoms with Gasteiger partial charge in [0.05, 0.1) is 17.6 Å². The Kier molecular flexibility index (Phi) is 4.73. The summed E-state index contributed by atoms with van der Waals surface area (Å²) >= 11 is 0. The number of ketones is 1. The number of Topliss-reactive ketones (excluding diaryl/α,β-unsaturated/α-hetero) is 1. The van der Waals surface area contributed by atoms with Crippen LogP contribution in [0.15, 0.2) is 53.2 Å². The van der Waals surface area contributed by atoms with Gasteiger partial charge in [-0.2, -0.15) is 0 Å². The van der Waals surface area contributed by atoms with E-state index >= 15 is 0 Å².